The van der Waals surface area contributed by atoms with Crippen molar-refractivity contribution in [3.05, 3.63) is 53.7 Å². The van der Waals surface area contributed by atoms with Crippen molar-refractivity contribution in [2.75, 3.05) is 5.32 Å². The van der Waals surface area contributed by atoms with Gasteiger partial charge in [0.15, 0.2) is 6.10 Å². The number of rotatable bonds is 4. The number of pyridine rings is 1. The van der Waals surface area contributed by atoms with E-state index in [1.807, 2.05) is 19.1 Å². The van der Waals surface area contributed by atoms with E-state index in [1.165, 1.54) is 0 Å². The molecule has 1 N–H and O–H groups in total. The van der Waals surface area contributed by atoms with Crippen molar-refractivity contribution in [2.24, 2.45) is 0 Å². The average Bonchev–Trinajstić information content (AvgIpc) is 2.50. The van der Waals surface area contributed by atoms with E-state index in [2.05, 4.69) is 10.3 Å². The Labute approximate surface area is 123 Å². The Hall–Kier alpha value is -2.87. The molecule has 0 aliphatic rings. The van der Waals surface area contributed by atoms with Gasteiger partial charge in [-0.15, -0.1) is 0 Å². The number of aromatic nitrogens is 1. The Morgan fingerprint density at radius 1 is 1.29 bits per heavy atom. The Bertz CT molecular complexity index is 657. The van der Waals surface area contributed by atoms with Crippen LogP contribution in [0.3, 0.4) is 0 Å². The molecule has 1 aromatic carbocycles. The molecule has 1 atom stereocenters. The maximum atomic E-state index is 12.0. The molecule has 5 heteroatoms. The topological polar surface area (TPSA) is 75.0 Å². The van der Waals surface area contributed by atoms with E-state index in [1.54, 1.807) is 43.5 Å². The van der Waals surface area contributed by atoms with Crippen LogP contribution in [0.4, 0.5) is 5.82 Å². The summed E-state index contributed by atoms with van der Waals surface area (Å²) in [4.78, 5) is 16.1. The first kappa shape index (κ1) is 14.5. The Morgan fingerprint density at radius 2 is 2.00 bits per heavy atom. The standard InChI is InChI=1S/C16H15N3O2/c1-11-3-8-15(18-10-11)19-16(20)12(2)21-14-6-4-13(9-17)5-7-14/h3-8,10,12H,1-2H3,(H,18,19,20). The number of aryl methyl sites for hydroxylation is 1. The molecule has 1 heterocycles. The second-order valence-corrected chi connectivity index (χ2v) is 4.61. The van der Waals surface area contributed by atoms with Crippen molar-refractivity contribution < 1.29 is 9.53 Å². The van der Waals surface area contributed by atoms with Crippen LogP contribution in [0.25, 0.3) is 0 Å². The summed E-state index contributed by atoms with van der Waals surface area (Å²) >= 11 is 0. The first-order valence-corrected chi connectivity index (χ1v) is 6.49. The van der Waals surface area contributed by atoms with Crippen LogP contribution in [0.1, 0.15) is 18.1 Å². The first-order chi connectivity index (χ1) is 10.1. The molecule has 1 aromatic heterocycles. The minimum Gasteiger partial charge on any atom is -0.481 e. The Kier molecular flexibility index (Phi) is 4.52. The van der Waals surface area contributed by atoms with Crippen LogP contribution in [-0.2, 0) is 4.79 Å². The molecule has 0 saturated carbocycles. The molecule has 5 nitrogen and oxygen atoms in total. The molecular weight excluding hydrogens is 266 g/mol. The lowest BCUT2D eigenvalue weighted by Crippen LogP contribution is -2.30. The number of benzene rings is 1. The molecule has 2 rings (SSSR count). The largest absolute Gasteiger partial charge is 0.481 e. The van der Waals surface area contributed by atoms with Crippen LogP contribution in [0.2, 0.25) is 0 Å². The summed E-state index contributed by atoms with van der Waals surface area (Å²) in [6.45, 7) is 3.58. The lowest BCUT2D eigenvalue weighted by molar-refractivity contribution is -0.122. The molecule has 0 radical (unpaired) electrons. The average molecular weight is 281 g/mol. The summed E-state index contributed by atoms with van der Waals surface area (Å²) in [5.74, 6) is 0.741. The molecular formula is C16H15N3O2. The van der Waals surface area contributed by atoms with E-state index < -0.39 is 6.10 Å². The van der Waals surface area contributed by atoms with Gasteiger partial charge >= 0.3 is 0 Å². The zero-order chi connectivity index (χ0) is 15.2. The van der Waals surface area contributed by atoms with E-state index >= 15 is 0 Å². The van der Waals surface area contributed by atoms with Gasteiger partial charge in [-0.25, -0.2) is 4.98 Å². The van der Waals surface area contributed by atoms with Crippen molar-refractivity contribution in [1.29, 1.82) is 5.26 Å². The number of nitrogens with one attached hydrogen (secondary N) is 1. The summed E-state index contributed by atoms with van der Waals surface area (Å²) in [5, 5.41) is 11.4. The zero-order valence-electron chi connectivity index (χ0n) is 11.8. The highest BCUT2D eigenvalue weighted by Crippen LogP contribution is 2.14. The van der Waals surface area contributed by atoms with E-state index in [0.717, 1.165) is 5.56 Å². The van der Waals surface area contributed by atoms with E-state index in [0.29, 0.717) is 17.1 Å². The van der Waals surface area contributed by atoms with Gasteiger partial charge in [-0.1, -0.05) is 6.07 Å². The number of carbonyl (C=O) groups is 1. The number of carbonyl (C=O) groups excluding carboxylic acids is 1. The predicted molar refractivity (Wildman–Crippen MR) is 78.9 cm³/mol. The van der Waals surface area contributed by atoms with Gasteiger partial charge < -0.3 is 10.1 Å². The molecule has 1 amide bonds. The van der Waals surface area contributed by atoms with Crippen LogP contribution >= 0.6 is 0 Å². The number of hydrogen-bond acceptors (Lipinski definition) is 4. The second-order valence-electron chi connectivity index (χ2n) is 4.61. The summed E-state index contributed by atoms with van der Waals surface area (Å²) in [7, 11) is 0. The fraction of sp³-hybridized carbons (Fsp3) is 0.188. The SMILES string of the molecule is Cc1ccc(NC(=O)C(C)Oc2ccc(C#N)cc2)nc1. The van der Waals surface area contributed by atoms with E-state index in [9.17, 15) is 4.79 Å². The number of anilines is 1. The fourth-order valence-electron chi connectivity index (χ4n) is 1.64. The van der Waals surface area contributed by atoms with Gasteiger partial charge in [0.2, 0.25) is 0 Å². The molecule has 1 unspecified atom stereocenters. The number of nitriles is 1. The minimum absolute atomic E-state index is 0.282. The highest BCUT2D eigenvalue weighted by molar-refractivity contribution is 5.93. The summed E-state index contributed by atoms with van der Waals surface area (Å²) < 4.78 is 5.52. The smallest absolute Gasteiger partial charge is 0.266 e. The highest BCUT2D eigenvalue weighted by Gasteiger charge is 2.15. The first-order valence-electron chi connectivity index (χ1n) is 6.49. The van der Waals surface area contributed by atoms with Gasteiger partial charge in [0.05, 0.1) is 11.6 Å². The summed E-state index contributed by atoms with van der Waals surface area (Å²) in [6.07, 6.45) is 1.02. The Balaban J connectivity index is 1.95. The monoisotopic (exact) mass is 281 g/mol. The molecule has 0 fully saturated rings. The van der Waals surface area contributed by atoms with Gasteiger partial charge in [-0.2, -0.15) is 5.26 Å². The van der Waals surface area contributed by atoms with E-state index in [-0.39, 0.29) is 5.91 Å². The minimum atomic E-state index is -0.666. The molecule has 21 heavy (non-hydrogen) atoms. The Morgan fingerprint density at radius 3 is 2.57 bits per heavy atom. The van der Waals surface area contributed by atoms with Crippen molar-refractivity contribution in [3.63, 3.8) is 0 Å². The molecule has 0 saturated heterocycles. The van der Waals surface area contributed by atoms with Gasteiger partial charge in [0.1, 0.15) is 11.6 Å². The van der Waals surface area contributed by atoms with Crippen molar-refractivity contribution in [3.8, 4) is 11.8 Å². The molecule has 0 aliphatic heterocycles. The van der Waals surface area contributed by atoms with Crippen LogP contribution in [-0.4, -0.2) is 17.0 Å². The third-order valence-corrected chi connectivity index (χ3v) is 2.83. The zero-order valence-corrected chi connectivity index (χ0v) is 11.8. The van der Waals surface area contributed by atoms with Crippen LogP contribution in [0.5, 0.6) is 5.75 Å². The lowest BCUT2D eigenvalue weighted by Gasteiger charge is -2.14. The summed E-state index contributed by atoms with van der Waals surface area (Å²) in [6, 6.07) is 12.2. The third kappa shape index (κ3) is 4.05. The van der Waals surface area contributed by atoms with Crippen LogP contribution < -0.4 is 10.1 Å². The highest BCUT2D eigenvalue weighted by atomic mass is 16.5. The molecule has 0 aliphatic carbocycles. The van der Waals surface area contributed by atoms with Gasteiger partial charge in [0, 0.05) is 6.20 Å². The molecule has 0 bridgehead atoms. The van der Waals surface area contributed by atoms with Crippen molar-refractivity contribution >= 4 is 11.7 Å². The predicted octanol–water partition coefficient (Wildman–Crippen LogP) is 2.67. The number of ether oxygens (including phenoxy) is 1. The normalized spacial score (nSPS) is 11.3. The van der Waals surface area contributed by atoms with Crippen LogP contribution in [0, 0.1) is 18.3 Å². The fourth-order valence-corrected chi connectivity index (χ4v) is 1.64. The number of amides is 1. The number of hydrogen-bond donors (Lipinski definition) is 1. The van der Waals surface area contributed by atoms with Crippen LogP contribution in [0.15, 0.2) is 42.6 Å². The second kappa shape index (κ2) is 6.53. The maximum absolute atomic E-state index is 12.0. The third-order valence-electron chi connectivity index (χ3n) is 2.83. The van der Waals surface area contributed by atoms with Gasteiger partial charge in [-0.3, -0.25) is 4.79 Å². The van der Waals surface area contributed by atoms with Crippen molar-refractivity contribution in [1.82, 2.24) is 4.98 Å². The van der Waals surface area contributed by atoms with Gasteiger partial charge in [-0.05, 0) is 49.7 Å². The lowest BCUT2D eigenvalue weighted by atomic mass is 10.2. The maximum Gasteiger partial charge on any atom is 0.266 e. The molecule has 2 aromatic rings. The molecule has 106 valence electrons. The van der Waals surface area contributed by atoms with Crippen molar-refractivity contribution in [2.45, 2.75) is 20.0 Å². The van der Waals surface area contributed by atoms with E-state index in [4.69, 9.17) is 10.00 Å². The quantitative estimate of drug-likeness (QED) is 0.934. The summed E-state index contributed by atoms with van der Waals surface area (Å²) in [5.41, 5.74) is 1.57. The molecule has 0 spiro atoms. The van der Waals surface area contributed by atoms with Gasteiger partial charge in [0.25, 0.3) is 5.91 Å². The number of nitrogens with zero attached hydrogens (tertiary/aromatic N) is 2.